The Morgan fingerprint density at radius 2 is 0.855 bits per heavy atom. The number of hydrogen-bond acceptors (Lipinski definition) is 5. The molecule has 6 nitrogen and oxygen atoms in total. The van der Waals surface area contributed by atoms with Crippen LogP contribution in [0.15, 0.2) is 12.2 Å². The number of aliphatic hydroxyl groups excluding tert-OH is 2. The Bertz CT molecular complexity index is 817. The third-order valence-electron chi connectivity index (χ3n) is 11.3. The fourth-order valence-corrected chi connectivity index (χ4v) is 7.51. The highest BCUT2D eigenvalue weighted by Gasteiger charge is 2.20. The molecule has 326 valence electrons. The Morgan fingerprint density at radius 1 is 0.491 bits per heavy atom. The monoisotopic (exact) mass is 778 g/mol. The fourth-order valence-electron chi connectivity index (χ4n) is 7.51. The van der Waals surface area contributed by atoms with Gasteiger partial charge in [-0.05, 0) is 51.4 Å². The summed E-state index contributed by atoms with van der Waals surface area (Å²) in [6.07, 6.45) is 50.2. The largest absolute Gasteiger partial charge is 0.466 e. The molecule has 2 atom stereocenters. The number of nitrogens with one attached hydrogen (secondary N) is 1. The lowest BCUT2D eigenvalue weighted by Crippen LogP contribution is -2.45. The number of ether oxygens (including phenoxy) is 1. The molecule has 0 aliphatic carbocycles. The van der Waals surface area contributed by atoms with Crippen LogP contribution in [0.5, 0.6) is 0 Å². The molecule has 0 aromatic rings. The number of hydrogen-bond donors (Lipinski definition) is 3. The van der Waals surface area contributed by atoms with Gasteiger partial charge in [0.15, 0.2) is 0 Å². The van der Waals surface area contributed by atoms with Gasteiger partial charge in [0.25, 0.3) is 0 Å². The van der Waals surface area contributed by atoms with E-state index in [9.17, 15) is 19.8 Å². The Hall–Kier alpha value is -1.40. The lowest BCUT2D eigenvalue weighted by molar-refractivity contribution is -0.143. The normalized spacial score (nSPS) is 12.7. The first-order valence-corrected chi connectivity index (χ1v) is 24.4. The summed E-state index contributed by atoms with van der Waals surface area (Å²) in [5.74, 6) is -0.0859. The minimum atomic E-state index is -0.678. The molecule has 0 fully saturated rings. The van der Waals surface area contributed by atoms with Crippen molar-refractivity contribution in [1.82, 2.24) is 5.32 Å². The van der Waals surface area contributed by atoms with E-state index >= 15 is 0 Å². The Morgan fingerprint density at radius 3 is 1.33 bits per heavy atom. The number of carbonyl (C=O) groups is 2. The molecular formula is C49H95NO5. The van der Waals surface area contributed by atoms with Gasteiger partial charge in [0.1, 0.15) is 0 Å². The number of aliphatic hydroxyl groups is 2. The number of allylic oxidation sites excluding steroid dienone is 2. The van der Waals surface area contributed by atoms with E-state index in [0.29, 0.717) is 25.9 Å². The average molecular weight is 778 g/mol. The first-order chi connectivity index (χ1) is 27.0. The second-order valence-corrected chi connectivity index (χ2v) is 16.8. The summed E-state index contributed by atoms with van der Waals surface area (Å²) in [7, 11) is 0. The third kappa shape index (κ3) is 42.0. The zero-order chi connectivity index (χ0) is 40.1. The summed E-state index contributed by atoms with van der Waals surface area (Å²) in [6, 6.07) is -0.557. The first-order valence-electron chi connectivity index (χ1n) is 24.4. The van der Waals surface area contributed by atoms with E-state index in [4.69, 9.17) is 4.74 Å². The number of rotatable bonds is 45. The van der Waals surface area contributed by atoms with Crippen LogP contribution in [0.25, 0.3) is 0 Å². The fraction of sp³-hybridized carbons (Fsp3) is 0.918. The minimum Gasteiger partial charge on any atom is -0.466 e. The molecule has 55 heavy (non-hydrogen) atoms. The molecule has 0 saturated carbocycles. The van der Waals surface area contributed by atoms with Crippen LogP contribution in [0, 0.1) is 0 Å². The summed E-state index contributed by atoms with van der Waals surface area (Å²) in [4.78, 5) is 24.4. The molecule has 1 amide bonds. The summed E-state index contributed by atoms with van der Waals surface area (Å²) in [5, 5.41) is 23.2. The van der Waals surface area contributed by atoms with Gasteiger partial charge in [-0.2, -0.15) is 0 Å². The van der Waals surface area contributed by atoms with Crippen molar-refractivity contribution in [2.24, 2.45) is 0 Å². The van der Waals surface area contributed by atoms with E-state index in [-0.39, 0.29) is 18.5 Å². The zero-order valence-corrected chi connectivity index (χ0v) is 36.9. The second-order valence-electron chi connectivity index (χ2n) is 16.8. The molecule has 0 bridgehead atoms. The lowest BCUT2D eigenvalue weighted by Gasteiger charge is -2.22. The van der Waals surface area contributed by atoms with Crippen molar-refractivity contribution in [3.8, 4) is 0 Å². The molecule has 2 unspecified atom stereocenters. The Labute approximate surface area is 342 Å². The highest BCUT2D eigenvalue weighted by atomic mass is 16.5. The van der Waals surface area contributed by atoms with Gasteiger partial charge in [-0.25, -0.2) is 0 Å². The van der Waals surface area contributed by atoms with Crippen LogP contribution >= 0.6 is 0 Å². The molecule has 0 aliphatic heterocycles. The van der Waals surface area contributed by atoms with Crippen LogP contribution in [0.3, 0.4) is 0 Å². The number of carbonyl (C=O) groups excluding carboxylic acids is 2. The van der Waals surface area contributed by atoms with Crippen molar-refractivity contribution in [2.45, 2.75) is 276 Å². The Kier molecular flexibility index (Phi) is 44.2. The minimum absolute atomic E-state index is 0.0287. The van der Waals surface area contributed by atoms with Crippen LogP contribution < -0.4 is 5.32 Å². The quantitative estimate of drug-likeness (QED) is 0.0325. The van der Waals surface area contributed by atoms with Crippen molar-refractivity contribution < 1.29 is 24.5 Å². The molecule has 3 N–H and O–H groups in total. The molecule has 0 aliphatic rings. The maximum Gasteiger partial charge on any atom is 0.305 e. The van der Waals surface area contributed by atoms with Crippen LogP contribution in [0.1, 0.15) is 264 Å². The second kappa shape index (κ2) is 45.3. The van der Waals surface area contributed by atoms with Crippen molar-refractivity contribution in [3.63, 3.8) is 0 Å². The molecule has 0 spiro atoms. The smallest absolute Gasteiger partial charge is 0.305 e. The predicted octanol–water partition coefficient (Wildman–Crippen LogP) is 14.2. The van der Waals surface area contributed by atoms with Gasteiger partial charge >= 0.3 is 5.97 Å². The van der Waals surface area contributed by atoms with Crippen LogP contribution in [-0.4, -0.2) is 47.4 Å². The van der Waals surface area contributed by atoms with Crippen molar-refractivity contribution >= 4 is 11.9 Å². The van der Waals surface area contributed by atoms with E-state index in [1.807, 2.05) is 0 Å². The molecule has 0 saturated heterocycles. The van der Waals surface area contributed by atoms with E-state index in [2.05, 4.69) is 31.3 Å². The van der Waals surface area contributed by atoms with E-state index in [1.165, 1.54) is 173 Å². The lowest BCUT2D eigenvalue weighted by atomic mass is 10.0. The number of unbranched alkanes of at least 4 members (excludes halogenated alkanes) is 32. The predicted molar refractivity (Wildman–Crippen MR) is 237 cm³/mol. The van der Waals surface area contributed by atoms with Gasteiger partial charge < -0.3 is 20.3 Å². The van der Waals surface area contributed by atoms with Crippen LogP contribution in [-0.2, 0) is 14.3 Å². The molecule has 0 radical (unpaired) electrons. The topological polar surface area (TPSA) is 95.9 Å². The standard InChI is InChI=1S/C49H95NO5/c1-3-5-7-9-11-13-15-17-18-19-20-21-25-29-33-37-41-47(52)46(45-51)50-48(53)42-38-34-30-26-23-24-28-32-36-40-44-55-49(54)43-39-35-31-27-22-16-14-12-10-8-6-4-2/h12,14,46-47,51-52H,3-11,13,15-45H2,1-2H3,(H,50,53)/b14-12-. The highest BCUT2D eigenvalue weighted by molar-refractivity contribution is 5.76. The van der Waals surface area contributed by atoms with Crippen molar-refractivity contribution in [3.05, 3.63) is 12.2 Å². The highest BCUT2D eigenvalue weighted by Crippen LogP contribution is 2.16. The van der Waals surface area contributed by atoms with E-state index < -0.39 is 12.1 Å². The SMILES string of the molecule is CCCCC/C=C\CCCCCCCC(=O)OCCCCCCCCCCCCC(=O)NC(CO)C(O)CCCCCCCCCCCCCCCCCC. The van der Waals surface area contributed by atoms with Crippen LogP contribution in [0.2, 0.25) is 0 Å². The third-order valence-corrected chi connectivity index (χ3v) is 11.3. The van der Waals surface area contributed by atoms with Crippen LogP contribution in [0.4, 0.5) is 0 Å². The molecule has 0 heterocycles. The summed E-state index contributed by atoms with van der Waals surface area (Å²) in [6.45, 7) is 4.88. The molecular weight excluding hydrogens is 683 g/mol. The summed E-state index contributed by atoms with van der Waals surface area (Å²) < 4.78 is 5.43. The van der Waals surface area contributed by atoms with Gasteiger partial charge in [-0.1, -0.05) is 212 Å². The van der Waals surface area contributed by atoms with Gasteiger partial charge in [0.2, 0.25) is 5.91 Å². The van der Waals surface area contributed by atoms with Gasteiger partial charge in [-0.3, -0.25) is 9.59 Å². The maximum atomic E-state index is 12.4. The summed E-state index contributed by atoms with van der Waals surface area (Å²) >= 11 is 0. The van der Waals surface area contributed by atoms with Crippen molar-refractivity contribution in [1.29, 1.82) is 0 Å². The maximum absolute atomic E-state index is 12.4. The summed E-state index contributed by atoms with van der Waals surface area (Å²) in [5.41, 5.74) is 0. The van der Waals surface area contributed by atoms with Gasteiger partial charge in [0.05, 0.1) is 25.4 Å². The zero-order valence-electron chi connectivity index (χ0n) is 36.9. The first kappa shape index (κ1) is 53.6. The molecule has 6 heteroatoms. The van der Waals surface area contributed by atoms with E-state index in [0.717, 1.165) is 57.8 Å². The van der Waals surface area contributed by atoms with E-state index in [1.54, 1.807) is 0 Å². The molecule has 0 aromatic carbocycles. The van der Waals surface area contributed by atoms with Crippen molar-refractivity contribution in [2.75, 3.05) is 13.2 Å². The average Bonchev–Trinajstić information content (AvgIpc) is 3.18. The molecule has 0 rings (SSSR count). The number of amides is 1. The number of esters is 1. The molecule has 0 aromatic heterocycles. The van der Waals surface area contributed by atoms with Gasteiger partial charge in [-0.15, -0.1) is 0 Å². The Balaban J connectivity index is 3.49. The van der Waals surface area contributed by atoms with Gasteiger partial charge in [0, 0.05) is 12.8 Å².